The fourth-order valence-corrected chi connectivity index (χ4v) is 2.63. The highest BCUT2D eigenvalue weighted by Crippen LogP contribution is 2.31. The highest BCUT2D eigenvalue weighted by Gasteiger charge is 2.36. The Morgan fingerprint density at radius 3 is 2.69 bits per heavy atom. The summed E-state index contributed by atoms with van der Waals surface area (Å²) in [7, 11) is 1.47. The number of halogens is 2. The third-order valence-electron chi connectivity index (χ3n) is 3.93. The van der Waals surface area contributed by atoms with Gasteiger partial charge in [0.25, 0.3) is 0 Å². The van der Waals surface area contributed by atoms with Gasteiger partial charge in [-0.05, 0) is 24.6 Å². The van der Waals surface area contributed by atoms with Crippen LogP contribution in [-0.4, -0.2) is 43.8 Å². The van der Waals surface area contributed by atoms with Crippen LogP contribution in [0, 0.1) is 11.6 Å². The van der Waals surface area contributed by atoms with Crippen LogP contribution in [0.1, 0.15) is 18.5 Å². The van der Waals surface area contributed by atoms with E-state index in [1.165, 1.54) is 24.2 Å². The summed E-state index contributed by atoms with van der Waals surface area (Å²) in [5, 5.41) is 2.63. The summed E-state index contributed by atoms with van der Waals surface area (Å²) in [5.41, 5.74) is 0.716. The van der Waals surface area contributed by atoms with E-state index in [2.05, 4.69) is 11.9 Å². The van der Waals surface area contributed by atoms with E-state index in [9.17, 15) is 18.4 Å². The Morgan fingerprint density at radius 2 is 2.08 bits per heavy atom. The molecule has 8 heteroatoms. The fraction of sp³-hybridized carbons (Fsp3) is 0.333. The molecule has 1 aromatic carbocycles. The molecule has 6 nitrogen and oxygen atoms in total. The molecular weight excluding hydrogens is 346 g/mol. The van der Waals surface area contributed by atoms with Gasteiger partial charge in [0.05, 0.1) is 18.2 Å². The average molecular weight is 366 g/mol. The molecule has 26 heavy (non-hydrogen) atoms. The summed E-state index contributed by atoms with van der Waals surface area (Å²) in [6.07, 6.45) is 1.51. The molecule has 0 bridgehead atoms. The molecule has 0 aromatic heterocycles. The molecule has 1 aromatic rings. The summed E-state index contributed by atoms with van der Waals surface area (Å²) in [6.45, 7) is 5.57. The Hall–Kier alpha value is -2.74. The molecule has 0 saturated carbocycles. The number of hydrogen-bond donors (Lipinski definition) is 1. The lowest BCUT2D eigenvalue weighted by atomic mass is 9.94. The van der Waals surface area contributed by atoms with Gasteiger partial charge in [-0.2, -0.15) is 0 Å². The highest BCUT2D eigenvalue weighted by atomic mass is 19.2. The molecule has 0 radical (unpaired) electrons. The van der Waals surface area contributed by atoms with Gasteiger partial charge in [0.15, 0.2) is 11.6 Å². The van der Waals surface area contributed by atoms with E-state index in [4.69, 9.17) is 9.47 Å². The maximum absolute atomic E-state index is 13.6. The number of amides is 2. The minimum Gasteiger partial charge on any atom is -0.460 e. The Bertz CT molecular complexity index is 749. The predicted octanol–water partition coefficient (Wildman–Crippen LogP) is 2.68. The smallest absolute Gasteiger partial charge is 0.338 e. The molecule has 2 amide bonds. The topological polar surface area (TPSA) is 67.9 Å². The first-order chi connectivity index (χ1) is 12.4. The van der Waals surface area contributed by atoms with Gasteiger partial charge in [0, 0.05) is 19.4 Å². The molecule has 0 fully saturated rings. The zero-order valence-electron chi connectivity index (χ0n) is 14.6. The van der Waals surface area contributed by atoms with Crippen LogP contribution in [0.5, 0.6) is 0 Å². The average Bonchev–Trinajstić information content (AvgIpc) is 2.60. The molecule has 1 aliphatic heterocycles. The molecule has 1 atom stereocenters. The number of nitrogens with zero attached hydrogens (tertiary/aromatic N) is 1. The second-order valence-electron chi connectivity index (χ2n) is 5.58. The van der Waals surface area contributed by atoms with Crippen molar-refractivity contribution in [1.29, 1.82) is 0 Å². The second-order valence-corrected chi connectivity index (χ2v) is 5.58. The third kappa shape index (κ3) is 4.08. The van der Waals surface area contributed by atoms with Crippen molar-refractivity contribution < 1.29 is 27.8 Å². The number of benzene rings is 1. The van der Waals surface area contributed by atoms with Crippen molar-refractivity contribution in [2.45, 2.75) is 13.0 Å². The number of methoxy groups -OCH3 is 1. The van der Waals surface area contributed by atoms with E-state index in [1.807, 2.05) is 0 Å². The van der Waals surface area contributed by atoms with Crippen molar-refractivity contribution in [3.8, 4) is 0 Å². The summed E-state index contributed by atoms with van der Waals surface area (Å²) >= 11 is 0. The van der Waals surface area contributed by atoms with Gasteiger partial charge in [0.2, 0.25) is 0 Å². The number of allylic oxidation sites excluding steroid dienone is 1. The molecule has 0 saturated heterocycles. The number of nitrogens with one attached hydrogen (secondary N) is 1. The van der Waals surface area contributed by atoms with Crippen molar-refractivity contribution in [1.82, 2.24) is 10.2 Å². The highest BCUT2D eigenvalue weighted by molar-refractivity contribution is 5.95. The lowest BCUT2D eigenvalue weighted by Gasteiger charge is -2.34. The first kappa shape index (κ1) is 19.6. The molecule has 2 rings (SSSR count). The first-order valence-electron chi connectivity index (χ1n) is 7.91. The number of rotatable bonds is 7. The molecule has 0 unspecified atom stereocenters. The lowest BCUT2D eigenvalue weighted by molar-refractivity contribution is -0.140. The van der Waals surface area contributed by atoms with Gasteiger partial charge in [-0.25, -0.2) is 18.4 Å². The summed E-state index contributed by atoms with van der Waals surface area (Å²) in [6, 6.07) is 1.75. The van der Waals surface area contributed by atoms with E-state index in [0.29, 0.717) is 5.70 Å². The molecule has 0 spiro atoms. The Kier molecular flexibility index (Phi) is 6.46. The van der Waals surface area contributed by atoms with Crippen molar-refractivity contribution in [3.05, 3.63) is 59.3 Å². The molecule has 0 aliphatic carbocycles. The van der Waals surface area contributed by atoms with Crippen LogP contribution in [0.4, 0.5) is 13.6 Å². The number of esters is 1. The van der Waals surface area contributed by atoms with Crippen LogP contribution in [0.3, 0.4) is 0 Å². The van der Waals surface area contributed by atoms with Gasteiger partial charge in [-0.1, -0.05) is 12.1 Å². The van der Waals surface area contributed by atoms with Crippen molar-refractivity contribution >= 4 is 12.0 Å². The zero-order valence-corrected chi connectivity index (χ0v) is 14.6. The van der Waals surface area contributed by atoms with E-state index in [0.717, 1.165) is 12.1 Å². The number of urea groups is 1. The van der Waals surface area contributed by atoms with Crippen molar-refractivity contribution in [2.24, 2.45) is 0 Å². The lowest BCUT2D eigenvalue weighted by Crippen LogP contribution is -2.48. The van der Waals surface area contributed by atoms with Gasteiger partial charge in [-0.3, -0.25) is 4.90 Å². The first-order valence-corrected chi connectivity index (χ1v) is 7.91. The Labute approximate surface area is 150 Å². The van der Waals surface area contributed by atoms with E-state index in [1.54, 1.807) is 6.92 Å². The third-order valence-corrected chi connectivity index (χ3v) is 3.93. The maximum atomic E-state index is 13.6. The minimum absolute atomic E-state index is 0.0199. The van der Waals surface area contributed by atoms with Crippen LogP contribution in [-0.2, 0) is 14.3 Å². The second kappa shape index (κ2) is 8.57. The van der Waals surface area contributed by atoms with Gasteiger partial charge >= 0.3 is 12.0 Å². The number of hydrogen-bond acceptors (Lipinski definition) is 4. The SMILES string of the molecule is C=CCN1C(=O)N[C@H](c2ccc(F)c(F)c2)C(C(=O)OCCOC)=C1C. The molecule has 140 valence electrons. The van der Waals surface area contributed by atoms with E-state index in [-0.39, 0.29) is 30.9 Å². The minimum atomic E-state index is -1.07. The van der Waals surface area contributed by atoms with Gasteiger partial charge in [-0.15, -0.1) is 6.58 Å². The van der Waals surface area contributed by atoms with Crippen molar-refractivity contribution in [3.63, 3.8) is 0 Å². The standard InChI is InChI=1S/C18H20F2N2O4/c1-4-7-22-11(2)15(17(23)26-9-8-25-3)16(21-18(22)24)12-5-6-13(19)14(20)10-12/h4-6,10,16H,1,7-9H2,2-3H3,(H,21,24)/t16-/m1/s1. The van der Waals surface area contributed by atoms with Crippen LogP contribution >= 0.6 is 0 Å². The Balaban J connectivity index is 2.46. The van der Waals surface area contributed by atoms with Crippen molar-refractivity contribution in [2.75, 3.05) is 26.9 Å². The van der Waals surface area contributed by atoms with E-state index >= 15 is 0 Å². The fourth-order valence-electron chi connectivity index (χ4n) is 2.63. The largest absolute Gasteiger partial charge is 0.460 e. The van der Waals surface area contributed by atoms with Crippen LogP contribution < -0.4 is 5.32 Å². The Morgan fingerprint density at radius 1 is 1.35 bits per heavy atom. The van der Waals surface area contributed by atoms with Crippen LogP contribution in [0.2, 0.25) is 0 Å². The normalized spacial score (nSPS) is 17.2. The molecule has 1 heterocycles. The van der Waals surface area contributed by atoms with Gasteiger partial charge < -0.3 is 14.8 Å². The van der Waals surface area contributed by atoms with E-state index < -0.39 is 29.7 Å². The number of carbonyl (C=O) groups excluding carboxylic acids is 2. The molecular formula is C18H20F2N2O4. The van der Waals surface area contributed by atoms with Crippen LogP contribution in [0.25, 0.3) is 0 Å². The number of ether oxygens (including phenoxy) is 2. The zero-order chi connectivity index (χ0) is 19.3. The summed E-state index contributed by atoms with van der Waals surface area (Å²) in [4.78, 5) is 26.2. The van der Waals surface area contributed by atoms with Crippen LogP contribution in [0.15, 0.2) is 42.1 Å². The molecule has 1 aliphatic rings. The summed E-state index contributed by atoms with van der Waals surface area (Å²) in [5.74, 6) is -2.77. The summed E-state index contributed by atoms with van der Waals surface area (Å²) < 4.78 is 36.9. The molecule has 1 N–H and O–H groups in total. The van der Waals surface area contributed by atoms with Gasteiger partial charge in [0.1, 0.15) is 6.61 Å². The maximum Gasteiger partial charge on any atom is 0.338 e. The quantitative estimate of drug-likeness (QED) is 0.458. The monoisotopic (exact) mass is 366 g/mol. The predicted molar refractivity (Wildman–Crippen MR) is 90.1 cm³/mol. The number of carbonyl (C=O) groups is 2.